The lowest BCUT2D eigenvalue weighted by Crippen LogP contribution is -3.15. The Morgan fingerprint density at radius 3 is 2.43 bits per heavy atom. The maximum absolute atomic E-state index is 12.7. The second-order valence-electron chi connectivity index (χ2n) is 6.82. The normalized spacial score (nSPS) is 16.1. The van der Waals surface area contributed by atoms with Gasteiger partial charge in [-0.25, -0.2) is 8.42 Å². The molecule has 1 aliphatic heterocycles. The van der Waals surface area contributed by atoms with E-state index >= 15 is 0 Å². The molecule has 0 saturated carbocycles. The Bertz CT molecular complexity index is 959. The topological polar surface area (TPSA) is 70.9 Å². The van der Waals surface area contributed by atoms with Gasteiger partial charge in [-0.2, -0.15) is 4.31 Å². The molecule has 0 bridgehead atoms. The Morgan fingerprint density at radius 1 is 1.18 bits per heavy atom. The average Bonchev–Trinajstić information content (AvgIpc) is 2.65. The SMILES string of the molecule is Cc1ccc(NC(=O)C[NH+]2CCN(S(=O)(=O)c3ccc(Cl)cc3)CC2)c(Br)c1. The van der Waals surface area contributed by atoms with E-state index in [1.807, 2.05) is 25.1 Å². The molecule has 1 heterocycles. The number of quaternary nitrogens is 1. The van der Waals surface area contributed by atoms with Crippen molar-refractivity contribution in [2.75, 3.05) is 38.0 Å². The molecule has 0 spiro atoms. The molecule has 28 heavy (non-hydrogen) atoms. The minimum atomic E-state index is -3.53. The third-order valence-electron chi connectivity index (χ3n) is 4.69. The summed E-state index contributed by atoms with van der Waals surface area (Å²) in [5.74, 6) is -0.0893. The van der Waals surface area contributed by atoms with Gasteiger partial charge < -0.3 is 10.2 Å². The Labute approximate surface area is 178 Å². The summed E-state index contributed by atoms with van der Waals surface area (Å²) in [6.07, 6.45) is 0. The van der Waals surface area contributed by atoms with Crippen LogP contribution in [0.2, 0.25) is 5.02 Å². The molecular formula is C19H22BrClN3O3S+. The second kappa shape index (κ2) is 8.92. The number of hydrogen-bond donors (Lipinski definition) is 2. The van der Waals surface area contributed by atoms with Crippen LogP contribution < -0.4 is 10.2 Å². The fraction of sp³-hybridized carbons (Fsp3) is 0.316. The van der Waals surface area contributed by atoms with Gasteiger partial charge >= 0.3 is 0 Å². The number of amides is 1. The van der Waals surface area contributed by atoms with Gasteiger partial charge in [-0.3, -0.25) is 4.79 Å². The fourth-order valence-electron chi connectivity index (χ4n) is 3.12. The molecule has 1 saturated heterocycles. The lowest BCUT2D eigenvalue weighted by Gasteiger charge is -2.31. The first-order chi connectivity index (χ1) is 13.3. The zero-order valence-corrected chi connectivity index (χ0v) is 18.6. The minimum absolute atomic E-state index is 0.0893. The van der Waals surface area contributed by atoms with Crippen LogP contribution in [0.15, 0.2) is 51.8 Å². The fourth-order valence-corrected chi connectivity index (χ4v) is 5.28. The zero-order valence-electron chi connectivity index (χ0n) is 15.4. The molecule has 2 N–H and O–H groups in total. The number of halogens is 2. The van der Waals surface area contributed by atoms with Crippen molar-refractivity contribution in [3.63, 3.8) is 0 Å². The molecule has 1 amide bonds. The first-order valence-electron chi connectivity index (χ1n) is 8.91. The number of hydrogen-bond acceptors (Lipinski definition) is 3. The first kappa shape index (κ1) is 21.3. The third kappa shape index (κ3) is 5.12. The molecule has 0 aromatic heterocycles. The van der Waals surface area contributed by atoms with Gasteiger partial charge in [0.1, 0.15) is 0 Å². The molecule has 1 aliphatic rings. The number of sulfonamides is 1. The van der Waals surface area contributed by atoms with Crippen molar-refractivity contribution in [1.82, 2.24) is 4.31 Å². The Morgan fingerprint density at radius 2 is 1.82 bits per heavy atom. The minimum Gasteiger partial charge on any atom is -0.325 e. The Kier molecular flexibility index (Phi) is 6.77. The van der Waals surface area contributed by atoms with Crippen molar-refractivity contribution in [3.8, 4) is 0 Å². The van der Waals surface area contributed by atoms with E-state index in [0.29, 0.717) is 37.7 Å². The van der Waals surface area contributed by atoms with Gasteiger partial charge in [-0.1, -0.05) is 17.7 Å². The van der Waals surface area contributed by atoms with Gasteiger partial charge in [-0.05, 0) is 64.8 Å². The number of aryl methyl sites for hydroxylation is 1. The van der Waals surface area contributed by atoms with Gasteiger partial charge in [0, 0.05) is 9.50 Å². The molecule has 0 aliphatic carbocycles. The molecule has 2 aromatic rings. The van der Waals surface area contributed by atoms with Crippen LogP contribution in [-0.4, -0.2) is 51.4 Å². The van der Waals surface area contributed by atoms with Gasteiger partial charge in [0.15, 0.2) is 6.54 Å². The summed E-state index contributed by atoms with van der Waals surface area (Å²) in [7, 11) is -3.53. The van der Waals surface area contributed by atoms with E-state index in [1.165, 1.54) is 16.4 Å². The van der Waals surface area contributed by atoms with Crippen LogP contribution in [0.1, 0.15) is 5.56 Å². The standard InChI is InChI=1S/C19H21BrClN3O3S/c1-14-2-7-18(17(20)12-14)22-19(25)13-23-8-10-24(11-9-23)28(26,27)16-5-3-15(21)4-6-16/h2-7,12H,8-11,13H2,1H3,(H,22,25)/p+1. The highest BCUT2D eigenvalue weighted by atomic mass is 79.9. The lowest BCUT2D eigenvalue weighted by molar-refractivity contribution is -0.895. The van der Waals surface area contributed by atoms with Crippen LogP contribution in [0.4, 0.5) is 5.69 Å². The van der Waals surface area contributed by atoms with E-state index in [1.54, 1.807) is 12.1 Å². The average molecular weight is 488 g/mol. The molecule has 0 radical (unpaired) electrons. The van der Waals surface area contributed by atoms with Crippen molar-refractivity contribution in [2.45, 2.75) is 11.8 Å². The van der Waals surface area contributed by atoms with E-state index in [2.05, 4.69) is 21.2 Å². The number of rotatable bonds is 5. The van der Waals surface area contributed by atoms with Crippen molar-refractivity contribution in [2.24, 2.45) is 0 Å². The van der Waals surface area contributed by atoms with Gasteiger partial charge in [0.25, 0.3) is 5.91 Å². The molecule has 9 heteroatoms. The Balaban J connectivity index is 1.55. The maximum Gasteiger partial charge on any atom is 0.279 e. The van der Waals surface area contributed by atoms with Crippen LogP contribution in [0.25, 0.3) is 0 Å². The number of carbonyl (C=O) groups is 1. The molecule has 0 unspecified atom stereocenters. The summed E-state index contributed by atoms with van der Waals surface area (Å²) in [4.78, 5) is 13.6. The highest BCUT2D eigenvalue weighted by molar-refractivity contribution is 9.10. The molecular weight excluding hydrogens is 466 g/mol. The quantitative estimate of drug-likeness (QED) is 0.677. The van der Waals surface area contributed by atoms with Crippen LogP contribution in [0.5, 0.6) is 0 Å². The molecule has 150 valence electrons. The summed E-state index contributed by atoms with van der Waals surface area (Å²) in [6, 6.07) is 11.9. The number of nitrogens with one attached hydrogen (secondary N) is 2. The summed E-state index contributed by atoms with van der Waals surface area (Å²) in [6.45, 7) is 4.20. The largest absolute Gasteiger partial charge is 0.325 e. The number of nitrogens with zero attached hydrogens (tertiary/aromatic N) is 1. The van der Waals surface area contributed by atoms with Crippen LogP contribution in [-0.2, 0) is 14.8 Å². The molecule has 3 rings (SSSR count). The number of carbonyl (C=O) groups excluding carboxylic acids is 1. The summed E-state index contributed by atoms with van der Waals surface area (Å²) < 4.78 is 27.8. The van der Waals surface area contributed by atoms with E-state index in [9.17, 15) is 13.2 Å². The number of piperazine rings is 1. The van der Waals surface area contributed by atoms with Crippen LogP contribution in [0.3, 0.4) is 0 Å². The second-order valence-corrected chi connectivity index (χ2v) is 10.0. The van der Waals surface area contributed by atoms with Crippen LogP contribution >= 0.6 is 27.5 Å². The summed E-state index contributed by atoms with van der Waals surface area (Å²) in [5, 5.41) is 3.41. The van der Waals surface area contributed by atoms with Crippen molar-refractivity contribution in [1.29, 1.82) is 0 Å². The zero-order chi connectivity index (χ0) is 20.3. The predicted octanol–water partition coefficient (Wildman–Crippen LogP) is 1.94. The third-order valence-corrected chi connectivity index (χ3v) is 7.51. The summed E-state index contributed by atoms with van der Waals surface area (Å²) >= 11 is 9.29. The highest BCUT2D eigenvalue weighted by Gasteiger charge is 2.31. The molecule has 0 atom stereocenters. The summed E-state index contributed by atoms with van der Waals surface area (Å²) in [5.41, 5.74) is 1.84. The number of anilines is 1. The van der Waals surface area contributed by atoms with Crippen molar-refractivity contribution in [3.05, 3.63) is 57.5 Å². The monoisotopic (exact) mass is 486 g/mol. The highest BCUT2D eigenvalue weighted by Crippen LogP contribution is 2.23. The number of benzene rings is 2. The van der Waals surface area contributed by atoms with E-state index in [0.717, 1.165) is 20.6 Å². The van der Waals surface area contributed by atoms with Gasteiger partial charge in [0.2, 0.25) is 10.0 Å². The molecule has 1 fully saturated rings. The lowest BCUT2D eigenvalue weighted by atomic mass is 10.2. The van der Waals surface area contributed by atoms with Crippen LogP contribution in [0, 0.1) is 6.92 Å². The van der Waals surface area contributed by atoms with Gasteiger partial charge in [-0.15, -0.1) is 0 Å². The first-order valence-corrected chi connectivity index (χ1v) is 11.5. The maximum atomic E-state index is 12.7. The predicted molar refractivity (Wildman–Crippen MR) is 113 cm³/mol. The smallest absolute Gasteiger partial charge is 0.279 e. The molecule has 6 nitrogen and oxygen atoms in total. The Hall–Kier alpha value is -1.45. The van der Waals surface area contributed by atoms with E-state index in [4.69, 9.17) is 11.6 Å². The van der Waals surface area contributed by atoms with Crippen molar-refractivity contribution >= 4 is 49.1 Å². The molecule has 2 aromatic carbocycles. The van der Waals surface area contributed by atoms with E-state index < -0.39 is 10.0 Å². The van der Waals surface area contributed by atoms with Crippen molar-refractivity contribution < 1.29 is 18.1 Å². The van der Waals surface area contributed by atoms with Gasteiger partial charge in [0.05, 0.1) is 36.8 Å². The van der Waals surface area contributed by atoms with E-state index in [-0.39, 0.29) is 10.8 Å².